The minimum absolute atomic E-state index is 1.20. The van der Waals surface area contributed by atoms with Crippen LogP contribution in [-0.4, -0.2) is 19.1 Å². The molecule has 2 rings (SSSR count). The third kappa shape index (κ3) is 2.14. The second-order valence-corrected chi connectivity index (χ2v) is 3.97. The van der Waals surface area contributed by atoms with E-state index in [0.717, 1.165) is 0 Å². The first kappa shape index (κ1) is 10.1. The Morgan fingerprint density at radius 3 is 2.33 bits per heavy atom. The highest BCUT2D eigenvalue weighted by atomic mass is 15.6. The molecule has 0 unspecified atom stereocenters. The minimum atomic E-state index is 1.20. The molecule has 0 fully saturated rings. The molecule has 0 atom stereocenters. The summed E-state index contributed by atoms with van der Waals surface area (Å²) in [6, 6.07) is 10.5. The van der Waals surface area contributed by atoms with Gasteiger partial charge in [0.2, 0.25) is 0 Å². The maximum atomic E-state index is 2.33. The van der Waals surface area contributed by atoms with Gasteiger partial charge in [0.05, 0.1) is 5.69 Å². The second-order valence-electron chi connectivity index (χ2n) is 3.97. The molecule has 0 N–H and O–H groups in total. The van der Waals surface area contributed by atoms with Crippen molar-refractivity contribution in [3.63, 3.8) is 0 Å². The predicted octanol–water partition coefficient (Wildman–Crippen LogP) is 3.04. The van der Waals surface area contributed by atoms with E-state index in [1.807, 2.05) is 6.07 Å². The lowest BCUT2D eigenvalue weighted by atomic mass is 10.3. The van der Waals surface area contributed by atoms with E-state index in [-0.39, 0.29) is 0 Å². The molecule has 0 saturated carbocycles. The summed E-state index contributed by atoms with van der Waals surface area (Å²) < 4.78 is 0. The first-order valence-corrected chi connectivity index (χ1v) is 5.50. The molecular weight excluding hydrogens is 184 g/mol. The summed E-state index contributed by atoms with van der Waals surface area (Å²) in [6.07, 6.45) is 6.05. The zero-order valence-electron chi connectivity index (χ0n) is 9.48. The third-order valence-electron chi connectivity index (χ3n) is 3.01. The zero-order valence-corrected chi connectivity index (χ0v) is 9.48. The van der Waals surface area contributed by atoms with Gasteiger partial charge >= 0.3 is 0 Å². The van der Waals surface area contributed by atoms with Crippen LogP contribution < -0.4 is 5.01 Å². The average molecular weight is 202 g/mol. The Labute approximate surface area is 91.8 Å². The van der Waals surface area contributed by atoms with Crippen LogP contribution in [0.1, 0.15) is 19.3 Å². The predicted molar refractivity (Wildman–Crippen MR) is 64.5 cm³/mol. The van der Waals surface area contributed by atoms with Gasteiger partial charge in [-0.2, -0.15) is 0 Å². The average Bonchev–Trinajstić information content (AvgIpc) is 2.82. The van der Waals surface area contributed by atoms with Crippen molar-refractivity contribution in [1.82, 2.24) is 5.01 Å². The Balaban J connectivity index is 2.10. The molecule has 0 aromatic heterocycles. The fraction of sp³-hybridized carbons (Fsp3) is 0.385. The van der Waals surface area contributed by atoms with Crippen LogP contribution in [0.3, 0.4) is 0 Å². The van der Waals surface area contributed by atoms with Crippen LogP contribution in [0.5, 0.6) is 0 Å². The number of nitrogens with zero attached hydrogens (tertiary/aromatic N) is 2. The van der Waals surface area contributed by atoms with Gasteiger partial charge in [0.1, 0.15) is 0 Å². The molecule has 0 spiro atoms. The van der Waals surface area contributed by atoms with Gasteiger partial charge in [0.15, 0.2) is 0 Å². The molecule has 2 nitrogen and oxygen atoms in total. The van der Waals surface area contributed by atoms with Crippen molar-refractivity contribution in [2.75, 3.05) is 19.1 Å². The van der Waals surface area contributed by atoms with E-state index in [2.05, 4.69) is 54.5 Å². The standard InChI is InChI=1S/C13H18N2/c1-14(12-8-4-3-5-9-12)15(2)13-10-6-7-11-13/h3-5,8-10H,6-7,11H2,1-2H3. The highest BCUT2D eigenvalue weighted by molar-refractivity contribution is 5.44. The van der Waals surface area contributed by atoms with Gasteiger partial charge in [-0.1, -0.05) is 24.3 Å². The molecule has 0 heterocycles. The number of hydrogen-bond acceptors (Lipinski definition) is 2. The smallest absolute Gasteiger partial charge is 0.0570 e. The summed E-state index contributed by atoms with van der Waals surface area (Å²) >= 11 is 0. The Kier molecular flexibility index (Phi) is 2.95. The van der Waals surface area contributed by atoms with Crippen molar-refractivity contribution in [3.05, 3.63) is 42.1 Å². The van der Waals surface area contributed by atoms with Crippen molar-refractivity contribution in [2.45, 2.75) is 19.3 Å². The molecule has 2 heteroatoms. The van der Waals surface area contributed by atoms with Gasteiger partial charge in [-0.15, -0.1) is 0 Å². The van der Waals surface area contributed by atoms with E-state index in [1.165, 1.54) is 30.6 Å². The monoisotopic (exact) mass is 202 g/mol. The van der Waals surface area contributed by atoms with Gasteiger partial charge in [-0.3, -0.25) is 10.0 Å². The van der Waals surface area contributed by atoms with E-state index >= 15 is 0 Å². The van der Waals surface area contributed by atoms with E-state index in [0.29, 0.717) is 0 Å². The molecule has 15 heavy (non-hydrogen) atoms. The van der Waals surface area contributed by atoms with Gasteiger partial charge in [-0.05, 0) is 31.4 Å². The lowest BCUT2D eigenvalue weighted by Crippen LogP contribution is -2.35. The largest absolute Gasteiger partial charge is 0.293 e. The van der Waals surface area contributed by atoms with Crippen LogP contribution in [0.25, 0.3) is 0 Å². The van der Waals surface area contributed by atoms with Crippen LogP contribution in [0.4, 0.5) is 5.69 Å². The fourth-order valence-corrected chi connectivity index (χ4v) is 1.96. The summed E-state index contributed by atoms with van der Waals surface area (Å²) in [4.78, 5) is 0. The number of rotatable bonds is 3. The molecular formula is C13H18N2. The maximum absolute atomic E-state index is 2.33. The normalized spacial score (nSPS) is 14.9. The second kappa shape index (κ2) is 4.39. The lowest BCUT2D eigenvalue weighted by molar-refractivity contribution is 0.396. The summed E-state index contributed by atoms with van der Waals surface area (Å²) in [6.45, 7) is 0. The van der Waals surface area contributed by atoms with Crippen molar-refractivity contribution >= 4 is 5.69 Å². The number of allylic oxidation sites excluding steroid dienone is 2. The summed E-state index contributed by atoms with van der Waals surface area (Å²) in [5.41, 5.74) is 2.66. The summed E-state index contributed by atoms with van der Waals surface area (Å²) in [5.74, 6) is 0. The molecule has 1 aromatic carbocycles. The lowest BCUT2D eigenvalue weighted by Gasteiger charge is -2.33. The first-order valence-electron chi connectivity index (χ1n) is 5.50. The van der Waals surface area contributed by atoms with Crippen LogP contribution in [-0.2, 0) is 0 Å². The SMILES string of the molecule is CN(C1=CCCC1)N(C)c1ccccc1. The van der Waals surface area contributed by atoms with Gasteiger partial charge in [0, 0.05) is 19.8 Å². The van der Waals surface area contributed by atoms with E-state index in [4.69, 9.17) is 0 Å². The maximum Gasteiger partial charge on any atom is 0.0570 e. The third-order valence-corrected chi connectivity index (χ3v) is 3.01. The number of benzene rings is 1. The molecule has 0 amide bonds. The highest BCUT2D eigenvalue weighted by Crippen LogP contribution is 2.23. The minimum Gasteiger partial charge on any atom is -0.293 e. The van der Waals surface area contributed by atoms with Gasteiger partial charge < -0.3 is 0 Å². The zero-order chi connectivity index (χ0) is 10.7. The Morgan fingerprint density at radius 1 is 1.00 bits per heavy atom. The van der Waals surface area contributed by atoms with E-state index in [9.17, 15) is 0 Å². The van der Waals surface area contributed by atoms with Crippen molar-refractivity contribution in [3.8, 4) is 0 Å². The Bertz CT molecular complexity index is 343. The molecule has 0 radical (unpaired) electrons. The summed E-state index contributed by atoms with van der Waals surface area (Å²) in [7, 11) is 4.23. The van der Waals surface area contributed by atoms with E-state index < -0.39 is 0 Å². The van der Waals surface area contributed by atoms with Crippen LogP contribution in [0, 0.1) is 0 Å². The molecule has 1 aromatic rings. The topological polar surface area (TPSA) is 6.48 Å². The Morgan fingerprint density at radius 2 is 1.73 bits per heavy atom. The number of hydrazine groups is 1. The molecule has 80 valence electrons. The fourth-order valence-electron chi connectivity index (χ4n) is 1.96. The number of anilines is 1. The van der Waals surface area contributed by atoms with Gasteiger partial charge in [-0.25, -0.2) is 0 Å². The van der Waals surface area contributed by atoms with Crippen LogP contribution in [0.2, 0.25) is 0 Å². The highest BCUT2D eigenvalue weighted by Gasteiger charge is 2.13. The van der Waals surface area contributed by atoms with Crippen molar-refractivity contribution < 1.29 is 0 Å². The quantitative estimate of drug-likeness (QED) is 0.695. The summed E-state index contributed by atoms with van der Waals surface area (Å²) in [5, 5.41) is 4.43. The van der Waals surface area contributed by atoms with Gasteiger partial charge in [0.25, 0.3) is 0 Å². The number of para-hydroxylation sites is 1. The van der Waals surface area contributed by atoms with E-state index in [1.54, 1.807) is 0 Å². The molecule has 1 aliphatic carbocycles. The number of hydrogen-bond donors (Lipinski definition) is 0. The van der Waals surface area contributed by atoms with Crippen LogP contribution >= 0.6 is 0 Å². The van der Waals surface area contributed by atoms with Crippen LogP contribution in [0.15, 0.2) is 42.1 Å². The molecule has 0 saturated heterocycles. The molecule has 0 bridgehead atoms. The molecule has 1 aliphatic rings. The first-order chi connectivity index (χ1) is 7.29. The van der Waals surface area contributed by atoms with Crippen molar-refractivity contribution in [1.29, 1.82) is 0 Å². The Hall–Kier alpha value is -1.44. The molecule has 0 aliphatic heterocycles. The van der Waals surface area contributed by atoms with Crippen molar-refractivity contribution in [2.24, 2.45) is 0 Å².